The molecule has 0 bridgehead atoms. The van der Waals surface area contributed by atoms with Crippen molar-refractivity contribution in [2.75, 3.05) is 0 Å². The number of carbonyl (C=O) groups is 2. The summed E-state index contributed by atoms with van der Waals surface area (Å²) >= 11 is 1.40. The summed E-state index contributed by atoms with van der Waals surface area (Å²) in [5, 5.41) is 2.54. The van der Waals surface area contributed by atoms with Gasteiger partial charge in [0.05, 0.1) is 17.3 Å². The van der Waals surface area contributed by atoms with Crippen molar-refractivity contribution in [1.82, 2.24) is 15.8 Å². The van der Waals surface area contributed by atoms with Crippen LogP contribution in [0.1, 0.15) is 144 Å². The van der Waals surface area contributed by atoms with Gasteiger partial charge in [0.25, 0.3) is 0 Å². The molecule has 1 aromatic heterocycles. The van der Waals surface area contributed by atoms with Crippen LogP contribution in [0, 0.1) is 5.92 Å². The van der Waals surface area contributed by atoms with E-state index in [2.05, 4.69) is 57.0 Å². The van der Waals surface area contributed by atoms with Gasteiger partial charge in [-0.25, -0.2) is 10.4 Å². The minimum atomic E-state index is -0.116. The summed E-state index contributed by atoms with van der Waals surface area (Å²) in [4.78, 5) is 28.7. The Morgan fingerprint density at radius 2 is 1.67 bits per heavy atom. The number of hydrazine groups is 1. The third-order valence-electron chi connectivity index (χ3n) is 6.49. The predicted octanol–water partition coefficient (Wildman–Crippen LogP) is 10.7. The molecule has 42 heavy (non-hydrogen) atoms. The fraction of sp³-hybridized carbons (Fsp3) is 0.583. The molecule has 1 aromatic rings. The third kappa shape index (κ3) is 16.2. The van der Waals surface area contributed by atoms with Gasteiger partial charge in [-0.15, -0.1) is 11.3 Å². The van der Waals surface area contributed by atoms with Crippen molar-refractivity contribution in [3.8, 4) is 0 Å². The van der Waals surface area contributed by atoms with E-state index in [-0.39, 0.29) is 17.6 Å². The quantitative estimate of drug-likeness (QED) is 0.126. The van der Waals surface area contributed by atoms with E-state index in [1.165, 1.54) is 70.1 Å². The van der Waals surface area contributed by atoms with E-state index in [9.17, 15) is 9.59 Å². The largest absolute Gasteiger partial charge is 0.325 e. The van der Waals surface area contributed by atoms with Crippen LogP contribution in [0.5, 0.6) is 0 Å². The monoisotopic (exact) mass is 599 g/mol. The first-order chi connectivity index (χ1) is 20.1. The van der Waals surface area contributed by atoms with E-state index in [0.717, 1.165) is 29.3 Å². The van der Waals surface area contributed by atoms with Gasteiger partial charge >= 0.3 is 0 Å². The fourth-order valence-electron chi connectivity index (χ4n) is 4.09. The number of hydrogen-bond donors (Lipinski definition) is 2. The summed E-state index contributed by atoms with van der Waals surface area (Å²) in [6.07, 6.45) is 19.5. The summed E-state index contributed by atoms with van der Waals surface area (Å²) < 4.78 is 0. The fourth-order valence-corrected chi connectivity index (χ4v) is 5.00. The second-order valence-corrected chi connectivity index (χ2v) is 10.9. The molecule has 2 N–H and O–H groups in total. The molecule has 0 saturated heterocycles. The number of Topliss-reactive ketones (excluding diaryl/α,β-unsaturated/α-hetero) is 2. The van der Waals surface area contributed by atoms with Gasteiger partial charge in [-0.1, -0.05) is 131 Å². The molecular weight excluding hydrogens is 538 g/mol. The molecule has 2 rings (SSSR count). The average molecular weight is 600 g/mol. The van der Waals surface area contributed by atoms with Crippen molar-refractivity contribution in [2.45, 2.75) is 134 Å². The van der Waals surface area contributed by atoms with Crippen LogP contribution in [0.15, 0.2) is 59.2 Å². The Labute approximate surface area is 262 Å². The second-order valence-electron chi connectivity index (χ2n) is 10.1. The highest BCUT2D eigenvalue weighted by molar-refractivity contribution is 7.11. The van der Waals surface area contributed by atoms with Crippen LogP contribution in [0.2, 0.25) is 0 Å². The Morgan fingerprint density at radius 1 is 1.05 bits per heavy atom. The number of unbranched alkanes of at least 4 members (excludes halogenated alkanes) is 2. The summed E-state index contributed by atoms with van der Waals surface area (Å²) in [6, 6.07) is -0.113. The molecule has 1 unspecified atom stereocenters. The van der Waals surface area contributed by atoms with Gasteiger partial charge in [0.2, 0.25) is 0 Å². The molecule has 1 aliphatic heterocycles. The van der Waals surface area contributed by atoms with Crippen LogP contribution in [0.3, 0.4) is 0 Å². The average Bonchev–Trinajstić information content (AvgIpc) is 3.60. The molecule has 0 fully saturated rings. The van der Waals surface area contributed by atoms with Crippen molar-refractivity contribution in [2.24, 2.45) is 5.92 Å². The first-order valence-corrected chi connectivity index (χ1v) is 16.9. The molecule has 2 heterocycles. The lowest BCUT2D eigenvalue weighted by molar-refractivity contribution is -0.113. The standard InChI is InChI=1S/C21H25N3O2S.C10H22.C3H8.C2H6/c1-6-8-10-17-13(3)23-24-20(17)19-12-27-21(22-19)18(15(5)26)11-16(9-7-2)14(4)25;1-4-7-8-9-10(5-2)6-3;1-3-2;1-2/h6,8-12,20,23-24H,1,7H2,2-5H3;10H,4-9H2,1-3H3;3H2,1-2H3;1-2H3/b10-8-,16-9+,18-11+;;;. The molecule has 0 radical (unpaired) electrons. The number of ketones is 2. The number of aromatic nitrogens is 1. The van der Waals surface area contributed by atoms with Gasteiger partial charge < -0.3 is 5.43 Å². The molecule has 0 aliphatic carbocycles. The van der Waals surface area contributed by atoms with Crippen LogP contribution in [-0.2, 0) is 9.59 Å². The Balaban J connectivity index is 0. The van der Waals surface area contributed by atoms with E-state index in [0.29, 0.717) is 16.2 Å². The summed E-state index contributed by atoms with van der Waals surface area (Å²) in [5.41, 5.74) is 10.2. The minimum Gasteiger partial charge on any atom is -0.325 e. The maximum Gasteiger partial charge on any atom is 0.162 e. The lowest BCUT2D eigenvalue weighted by atomic mass is 9.96. The molecule has 1 atom stereocenters. The topological polar surface area (TPSA) is 71.1 Å². The van der Waals surface area contributed by atoms with Crippen molar-refractivity contribution in [3.63, 3.8) is 0 Å². The minimum absolute atomic E-state index is 0.0653. The zero-order chi connectivity index (χ0) is 32.5. The van der Waals surface area contributed by atoms with Gasteiger partial charge in [-0.05, 0) is 44.8 Å². The van der Waals surface area contributed by atoms with Gasteiger partial charge in [0.15, 0.2) is 11.6 Å². The maximum atomic E-state index is 12.2. The van der Waals surface area contributed by atoms with Crippen LogP contribution in [0.4, 0.5) is 0 Å². The SMILES string of the molecule is C=C/C=C\C1=C(C)NNC1c1csc(/C(=C/C(=C\CC)C(C)=O)C(C)=O)n1.CC.CCC.CCCCCC(CC)CC. The predicted molar refractivity (Wildman–Crippen MR) is 186 cm³/mol. The molecule has 0 amide bonds. The highest BCUT2D eigenvalue weighted by Gasteiger charge is 2.26. The van der Waals surface area contributed by atoms with Crippen molar-refractivity contribution < 1.29 is 9.59 Å². The van der Waals surface area contributed by atoms with E-state index in [1.807, 2.05) is 51.3 Å². The Hall–Kier alpha value is -2.57. The number of allylic oxidation sites excluding steroid dienone is 7. The number of nitrogens with one attached hydrogen (secondary N) is 2. The second kappa shape index (κ2) is 26.1. The van der Waals surface area contributed by atoms with Crippen LogP contribution in [-0.4, -0.2) is 16.6 Å². The molecule has 1 aliphatic rings. The number of rotatable bonds is 14. The molecule has 238 valence electrons. The number of carbonyl (C=O) groups excluding carboxylic acids is 2. The molecule has 5 nitrogen and oxygen atoms in total. The van der Waals surface area contributed by atoms with Gasteiger partial charge in [0.1, 0.15) is 5.01 Å². The van der Waals surface area contributed by atoms with E-state index < -0.39 is 0 Å². The Kier molecular flexibility index (Phi) is 25.8. The molecule has 0 aromatic carbocycles. The van der Waals surface area contributed by atoms with Crippen molar-refractivity contribution >= 4 is 28.5 Å². The number of hydrogen-bond acceptors (Lipinski definition) is 6. The van der Waals surface area contributed by atoms with Crippen LogP contribution in [0.25, 0.3) is 5.57 Å². The summed E-state index contributed by atoms with van der Waals surface area (Å²) in [5.74, 6) is 0.825. The van der Waals surface area contributed by atoms with Gasteiger partial charge in [-0.3, -0.25) is 9.59 Å². The maximum absolute atomic E-state index is 12.2. The summed E-state index contributed by atoms with van der Waals surface area (Å²) in [6.45, 7) is 25.8. The van der Waals surface area contributed by atoms with Crippen LogP contribution >= 0.6 is 11.3 Å². The third-order valence-corrected chi connectivity index (χ3v) is 7.38. The smallest absolute Gasteiger partial charge is 0.162 e. The van der Waals surface area contributed by atoms with E-state index in [4.69, 9.17) is 0 Å². The van der Waals surface area contributed by atoms with Crippen LogP contribution < -0.4 is 10.9 Å². The van der Waals surface area contributed by atoms with Crippen molar-refractivity contribution in [1.29, 1.82) is 0 Å². The number of thiazole rings is 1. The summed E-state index contributed by atoms with van der Waals surface area (Å²) in [7, 11) is 0. The molecule has 0 saturated carbocycles. The number of nitrogens with zero attached hydrogens (tertiary/aromatic N) is 1. The lowest BCUT2D eigenvalue weighted by Gasteiger charge is -2.10. The normalized spacial score (nSPS) is 14.8. The highest BCUT2D eigenvalue weighted by atomic mass is 32.1. The first-order valence-electron chi connectivity index (χ1n) is 16.1. The van der Waals surface area contributed by atoms with Crippen molar-refractivity contribution in [3.05, 3.63) is 69.9 Å². The Morgan fingerprint density at radius 3 is 2.14 bits per heavy atom. The zero-order valence-corrected chi connectivity index (χ0v) is 29.5. The van der Waals surface area contributed by atoms with E-state index >= 15 is 0 Å². The Bertz CT molecular complexity index is 1030. The molecule has 0 spiro atoms. The zero-order valence-electron chi connectivity index (χ0n) is 28.7. The molecule has 6 heteroatoms. The van der Waals surface area contributed by atoms with Gasteiger partial charge in [0, 0.05) is 16.7 Å². The first kappa shape index (κ1) is 41.6. The molecular formula is C36H61N3O2S. The van der Waals surface area contributed by atoms with Gasteiger partial charge in [-0.2, -0.15) is 0 Å². The highest BCUT2D eigenvalue weighted by Crippen LogP contribution is 2.31. The van der Waals surface area contributed by atoms with E-state index in [1.54, 1.807) is 12.2 Å². The lowest BCUT2D eigenvalue weighted by Crippen LogP contribution is -2.26.